The van der Waals surface area contributed by atoms with Gasteiger partial charge in [0.05, 0.1) is 12.6 Å². The second kappa shape index (κ2) is 4.89. The monoisotopic (exact) mass is 297 g/mol. The number of halogens is 1. The van der Waals surface area contributed by atoms with Crippen molar-refractivity contribution < 1.29 is 14.3 Å². The van der Waals surface area contributed by atoms with Crippen LogP contribution in [0.2, 0.25) is 0 Å². The molecule has 0 saturated carbocycles. The number of carbonyl (C=O) groups is 1. The molecule has 0 saturated heterocycles. The highest BCUT2D eigenvalue weighted by atomic mass is 79.9. The van der Waals surface area contributed by atoms with Crippen molar-refractivity contribution in [1.82, 2.24) is 5.32 Å². The average Bonchev–Trinajstić information content (AvgIpc) is 2.68. The molecular weight excluding hydrogens is 286 g/mol. The minimum Gasteiger partial charge on any atom is -0.480 e. The number of hydrogen-bond donors (Lipinski definition) is 2. The molecule has 0 fully saturated rings. The number of carboxylic acid groups (broad SMARTS) is 1. The Labute approximate surface area is 107 Å². The molecule has 1 unspecified atom stereocenters. The van der Waals surface area contributed by atoms with Crippen LogP contribution in [0.4, 0.5) is 0 Å². The summed E-state index contributed by atoms with van der Waals surface area (Å²) in [4.78, 5) is 10.5. The minimum absolute atomic E-state index is 0.0814. The predicted octanol–water partition coefficient (Wildman–Crippen LogP) is 2.93. The van der Waals surface area contributed by atoms with Crippen LogP contribution in [0.25, 0.3) is 11.0 Å². The van der Waals surface area contributed by atoms with Gasteiger partial charge in [0.15, 0.2) is 0 Å². The quantitative estimate of drug-likeness (QED) is 0.911. The number of carboxylic acids is 1. The molecule has 0 aliphatic carbocycles. The minimum atomic E-state index is -0.879. The molecule has 2 N–H and O–H groups in total. The Balaban J connectivity index is 2.21. The summed E-state index contributed by atoms with van der Waals surface area (Å²) in [7, 11) is 0. The van der Waals surface area contributed by atoms with E-state index in [2.05, 4.69) is 21.2 Å². The number of nitrogens with one attached hydrogen (secondary N) is 1. The maximum atomic E-state index is 10.5. The molecule has 5 heteroatoms. The zero-order chi connectivity index (χ0) is 12.4. The Morgan fingerprint density at radius 3 is 3.00 bits per heavy atom. The zero-order valence-corrected chi connectivity index (χ0v) is 10.8. The first-order chi connectivity index (χ1) is 8.06. The maximum Gasteiger partial charge on any atom is 0.317 e. The van der Waals surface area contributed by atoms with Crippen molar-refractivity contribution in [1.29, 1.82) is 0 Å². The van der Waals surface area contributed by atoms with Crippen LogP contribution < -0.4 is 5.32 Å². The number of furan rings is 1. The van der Waals surface area contributed by atoms with Gasteiger partial charge in [-0.3, -0.25) is 10.1 Å². The van der Waals surface area contributed by atoms with Gasteiger partial charge in [-0.15, -0.1) is 0 Å². The third-order valence-electron chi connectivity index (χ3n) is 2.48. The summed E-state index contributed by atoms with van der Waals surface area (Å²) in [6, 6.07) is 7.54. The van der Waals surface area contributed by atoms with Gasteiger partial charge in [-0.1, -0.05) is 15.9 Å². The van der Waals surface area contributed by atoms with E-state index < -0.39 is 5.97 Å². The van der Waals surface area contributed by atoms with E-state index in [0.717, 1.165) is 21.2 Å². The summed E-state index contributed by atoms with van der Waals surface area (Å²) in [6.45, 7) is 1.79. The lowest BCUT2D eigenvalue weighted by Crippen LogP contribution is -2.25. The van der Waals surface area contributed by atoms with E-state index in [-0.39, 0.29) is 12.6 Å². The lowest BCUT2D eigenvalue weighted by Gasteiger charge is -2.08. The maximum absolute atomic E-state index is 10.5. The molecule has 1 atom stereocenters. The highest BCUT2D eigenvalue weighted by Crippen LogP contribution is 2.26. The van der Waals surface area contributed by atoms with Crippen molar-refractivity contribution in [2.45, 2.75) is 13.0 Å². The van der Waals surface area contributed by atoms with E-state index in [9.17, 15) is 4.79 Å². The lowest BCUT2D eigenvalue weighted by atomic mass is 10.2. The molecule has 0 aliphatic heterocycles. The fourth-order valence-corrected chi connectivity index (χ4v) is 1.97. The van der Waals surface area contributed by atoms with Crippen molar-refractivity contribution in [3.63, 3.8) is 0 Å². The third-order valence-corrected chi connectivity index (χ3v) is 2.98. The van der Waals surface area contributed by atoms with E-state index >= 15 is 0 Å². The molecule has 1 aromatic carbocycles. The van der Waals surface area contributed by atoms with Crippen molar-refractivity contribution in [3.05, 3.63) is 34.5 Å². The van der Waals surface area contributed by atoms with Crippen LogP contribution in [0, 0.1) is 0 Å². The van der Waals surface area contributed by atoms with Gasteiger partial charge in [-0.25, -0.2) is 0 Å². The predicted molar refractivity (Wildman–Crippen MR) is 68.0 cm³/mol. The van der Waals surface area contributed by atoms with E-state index in [4.69, 9.17) is 9.52 Å². The highest BCUT2D eigenvalue weighted by Gasteiger charge is 2.12. The van der Waals surface area contributed by atoms with Crippen LogP contribution >= 0.6 is 15.9 Å². The molecule has 17 heavy (non-hydrogen) atoms. The van der Waals surface area contributed by atoms with Gasteiger partial charge in [0.25, 0.3) is 0 Å². The molecule has 1 aromatic heterocycles. The molecule has 0 aliphatic rings. The van der Waals surface area contributed by atoms with Crippen LogP contribution in [0.15, 0.2) is 33.2 Å². The summed E-state index contributed by atoms with van der Waals surface area (Å²) >= 11 is 3.39. The summed E-state index contributed by atoms with van der Waals surface area (Å²) in [5.41, 5.74) is 0.798. The van der Waals surface area contributed by atoms with E-state index in [0.29, 0.717) is 0 Å². The van der Waals surface area contributed by atoms with Gasteiger partial charge in [-0.2, -0.15) is 0 Å². The molecule has 2 rings (SSSR count). The molecule has 90 valence electrons. The van der Waals surface area contributed by atoms with E-state index in [1.54, 1.807) is 0 Å². The molecule has 1 heterocycles. The second-order valence-corrected chi connectivity index (χ2v) is 4.74. The normalized spacial score (nSPS) is 12.8. The zero-order valence-electron chi connectivity index (χ0n) is 9.24. The molecule has 0 spiro atoms. The Hall–Kier alpha value is -1.33. The van der Waals surface area contributed by atoms with Crippen molar-refractivity contribution in [2.24, 2.45) is 0 Å². The summed E-state index contributed by atoms with van der Waals surface area (Å²) in [5.74, 6) is -0.143. The topological polar surface area (TPSA) is 62.5 Å². The number of fused-ring (bicyclic) bond motifs is 1. The molecule has 2 aromatic rings. The summed E-state index contributed by atoms with van der Waals surface area (Å²) in [6.07, 6.45) is 0. The molecule has 0 bridgehead atoms. The third kappa shape index (κ3) is 2.87. The summed E-state index contributed by atoms with van der Waals surface area (Å²) < 4.78 is 6.63. The van der Waals surface area contributed by atoms with E-state index in [1.807, 2.05) is 31.2 Å². The van der Waals surface area contributed by atoms with Crippen LogP contribution in [0.5, 0.6) is 0 Å². The Kier molecular flexibility index (Phi) is 3.49. The Morgan fingerprint density at radius 2 is 2.29 bits per heavy atom. The van der Waals surface area contributed by atoms with Gasteiger partial charge < -0.3 is 9.52 Å². The Morgan fingerprint density at radius 1 is 1.53 bits per heavy atom. The largest absolute Gasteiger partial charge is 0.480 e. The van der Waals surface area contributed by atoms with Crippen molar-refractivity contribution >= 4 is 32.9 Å². The lowest BCUT2D eigenvalue weighted by molar-refractivity contribution is -0.136. The van der Waals surface area contributed by atoms with Crippen LogP contribution in [0.3, 0.4) is 0 Å². The average molecular weight is 298 g/mol. The van der Waals surface area contributed by atoms with Gasteiger partial charge in [0.1, 0.15) is 11.3 Å². The standard InChI is InChI=1S/C12H12BrNO3/c1-7(14-6-12(15)16)11-5-8-4-9(13)2-3-10(8)17-11/h2-5,7,14H,6H2,1H3,(H,15,16). The first kappa shape index (κ1) is 12.1. The van der Waals surface area contributed by atoms with Crippen LogP contribution in [-0.4, -0.2) is 17.6 Å². The first-order valence-electron chi connectivity index (χ1n) is 5.20. The molecule has 0 radical (unpaired) electrons. The van der Waals surface area contributed by atoms with Gasteiger partial charge in [0, 0.05) is 9.86 Å². The second-order valence-electron chi connectivity index (χ2n) is 3.83. The molecule has 0 amide bonds. The van der Waals surface area contributed by atoms with Gasteiger partial charge in [0.2, 0.25) is 0 Å². The number of benzene rings is 1. The fourth-order valence-electron chi connectivity index (χ4n) is 1.59. The summed E-state index contributed by atoms with van der Waals surface area (Å²) in [5, 5.41) is 12.5. The smallest absolute Gasteiger partial charge is 0.317 e. The van der Waals surface area contributed by atoms with Crippen molar-refractivity contribution in [3.8, 4) is 0 Å². The highest BCUT2D eigenvalue weighted by molar-refractivity contribution is 9.10. The number of aliphatic carboxylic acids is 1. The molecule has 4 nitrogen and oxygen atoms in total. The number of hydrogen-bond acceptors (Lipinski definition) is 3. The number of rotatable bonds is 4. The van der Waals surface area contributed by atoms with Gasteiger partial charge >= 0.3 is 5.97 Å². The first-order valence-corrected chi connectivity index (χ1v) is 6.00. The van der Waals surface area contributed by atoms with E-state index in [1.165, 1.54) is 0 Å². The van der Waals surface area contributed by atoms with Crippen molar-refractivity contribution in [2.75, 3.05) is 6.54 Å². The van der Waals surface area contributed by atoms with Crippen LogP contribution in [-0.2, 0) is 4.79 Å². The Bertz CT molecular complexity index is 550. The fraction of sp³-hybridized carbons (Fsp3) is 0.250. The van der Waals surface area contributed by atoms with Crippen LogP contribution in [0.1, 0.15) is 18.7 Å². The van der Waals surface area contributed by atoms with Gasteiger partial charge in [-0.05, 0) is 31.2 Å². The SMILES string of the molecule is CC(NCC(=O)O)c1cc2cc(Br)ccc2o1. The molecular formula is C12H12BrNO3.